The van der Waals surface area contributed by atoms with E-state index in [1.807, 2.05) is 11.8 Å². The van der Waals surface area contributed by atoms with Crippen molar-refractivity contribution in [3.05, 3.63) is 42.5 Å². The summed E-state index contributed by atoms with van der Waals surface area (Å²) < 4.78 is 1.24. The van der Waals surface area contributed by atoms with Gasteiger partial charge in [-0.3, -0.25) is 0 Å². The Morgan fingerprint density at radius 1 is 0.933 bits per heavy atom. The van der Waals surface area contributed by atoms with Crippen molar-refractivity contribution in [3.63, 3.8) is 0 Å². The van der Waals surface area contributed by atoms with Crippen molar-refractivity contribution in [1.82, 2.24) is 0 Å². The molecule has 0 amide bonds. The van der Waals surface area contributed by atoms with Crippen molar-refractivity contribution in [2.75, 3.05) is 5.32 Å². The average Bonchev–Trinajstić information content (AvgIpc) is 2.27. The van der Waals surface area contributed by atoms with Gasteiger partial charge in [0.2, 0.25) is 0 Å². The molecule has 0 saturated carbocycles. The molecule has 1 aliphatic rings. The van der Waals surface area contributed by atoms with E-state index in [2.05, 4.69) is 63.8 Å². The molecule has 0 fully saturated rings. The molecule has 2 aromatic rings. The average molecular weight is 278 g/mol. The van der Waals surface area contributed by atoms with Crippen LogP contribution in [0.1, 0.15) is 0 Å². The fraction of sp³-hybridized carbons (Fsp3) is 0. The maximum absolute atomic E-state index is 3.47. The molecule has 74 valence electrons. The first-order chi connectivity index (χ1) is 7.34. The van der Waals surface area contributed by atoms with Gasteiger partial charge in [0, 0.05) is 0 Å². The van der Waals surface area contributed by atoms with Crippen LogP contribution in [-0.2, 0) is 0 Å². The predicted molar refractivity (Wildman–Crippen MR) is 67.1 cm³/mol. The van der Waals surface area contributed by atoms with E-state index in [4.69, 9.17) is 0 Å². The van der Waals surface area contributed by atoms with Crippen molar-refractivity contribution in [2.45, 2.75) is 9.79 Å². The van der Waals surface area contributed by atoms with Crippen LogP contribution in [0.25, 0.3) is 0 Å². The van der Waals surface area contributed by atoms with Crippen LogP contribution in [-0.4, -0.2) is 16.0 Å². The molecule has 1 aliphatic heterocycles. The van der Waals surface area contributed by atoms with E-state index in [9.17, 15) is 0 Å². The molecule has 3 heteroatoms. The number of rotatable bonds is 0. The first kappa shape index (κ1) is 9.34. The summed E-state index contributed by atoms with van der Waals surface area (Å²) in [5, 5.41) is 3.47. The summed E-state index contributed by atoms with van der Waals surface area (Å²) in [5.41, 5.74) is 2.43. The molecule has 1 nitrogen and oxygen atoms in total. The number of fused-ring (bicyclic) bond motifs is 2. The minimum atomic E-state index is 1.20. The van der Waals surface area contributed by atoms with Crippen LogP contribution in [0.3, 0.4) is 0 Å². The summed E-state index contributed by atoms with van der Waals surface area (Å²) >= 11 is 4.44. The van der Waals surface area contributed by atoms with Gasteiger partial charge in [-0.2, -0.15) is 0 Å². The van der Waals surface area contributed by atoms with Gasteiger partial charge in [-0.05, 0) is 0 Å². The molecule has 0 unspecified atom stereocenters. The molecule has 3 rings (SSSR count). The molecule has 0 spiro atoms. The zero-order valence-corrected chi connectivity index (χ0v) is 10.6. The van der Waals surface area contributed by atoms with Gasteiger partial charge in [0.15, 0.2) is 0 Å². The third-order valence-electron chi connectivity index (χ3n) is 2.37. The van der Waals surface area contributed by atoms with E-state index >= 15 is 0 Å². The third-order valence-corrected chi connectivity index (χ3v) is 4.29. The summed E-state index contributed by atoms with van der Waals surface area (Å²) in [6, 6.07) is 14.8. The van der Waals surface area contributed by atoms with Crippen molar-refractivity contribution in [2.24, 2.45) is 0 Å². The predicted octanol–water partition coefficient (Wildman–Crippen LogP) is 2.42. The van der Waals surface area contributed by atoms with E-state index in [1.165, 1.54) is 25.6 Å². The van der Waals surface area contributed by atoms with Crippen LogP contribution in [0.15, 0.2) is 52.3 Å². The van der Waals surface area contributed by atoms with Crippen molar-refractivity contribution >= 4 is 43.6 Å². The first-order valence-corrected chi connectivity index (χ1v) is 6.46. The van der Waals surface area contributed by atoms with Crippen LogP contribution >= 0.6 is 11.8 Å². The van der Waals surface area contributed by atoms with Crippen molar-refractivity contribution in [1.29, 1.82) is 0 Å². The second-order valence-corrected chi connectivity index (χ2v) is 5.47. The van der Waals surface area contributed by atoms with Gasteiger partial charge in [-0.1, -0.05) is 0 Å². The molecule has 0 radical (unpaired) electrons. The van der Waals surface area contributed by atoms with Crippen LogP contribution in [0.4, 0.5) is 11.4 Å². The number of benzene rings is 2. The molecule has 15 heavy (non-hydrogen) atoms. The van der Waals surface area contributed by atoms with Gasteiger partial charge >= 0.3 is 101 Å². The number of nitrogens with one attached hydrogen (secondary N) is 1. The summed E-state index contributed by atoms with van der Waals surface area (Å²) in [6.45, 7) is 0. The van der Waals surface area contributed by atoms with Gasteiger partial charge in [0.05, 0.1) is 0 Å². The monoisotopic (exact) mass is 279 g/mol. The summed E-state index contributed by atoms with van der Waals surface area (Å²) in [5.74, 6) is 0. The summed E-state index contributed by atoms with van der Waals surface area (Å²) in [6.07, 6.45) is 0. The topological polar surface area (TPSA) is 12.0 Å². The Kier molecular flexibility index (Phi) is 2.24. The van der Waals surface area contributed by atoms with E-state index in [0.29, 0.717) is 0 Å². The Labute approximate surface area is 101 Å². The van der Waals surface area contributed by atoms with Crippen molar-refractivity contribution < 1.29 is 0 Å². The second-order valence-electron chi connectivity index (χ2n) is 3.37. The Hall–Kier alpha value is -0.891. The van der Waals surface area contributed by atoms with Gasteiger partial charge in [-0.25, -0.2) is 0 Å². The van der Waals surface area contributed by atoms with E-state index in [0.717, 1.165) is 0 Å². The summed E-state index contributed by atoms with van der Waals surface area (Å²) in [4.78, 5) is 2.59. The molecule has 0 bridgehead atoms. The molecule has 0 aromatic heterocycles. The van der Waals surface area contributed by atoms with Crippen LogP contribution in [0.5, 0.6) is 0 Å². The zero-order chi connectivity index (χ0) is 10.3. The van der Waals surface area contributed by atoms with Crippen LogP contribution in [0.2, 0.25) is 0 Å². The SMILES string of the molecule is [SeH]c1cccc2c1Nc1ccccc1S2. The fourth-order valence-corrected chi connectivity index (χ4v) is 3.38. The minimum absolute atomic E-state index is 1.20. The first-order valence-electron chi connectivity index (χ1n) is 4.70. The normalized spacial score (nSPS) is 12.6. The third kappa shape index (κ3) is 1.57. The van der Waals surface area contributed by atoms with Gasteiger partial charge in [0.25, 0.3) is 0 Å². The van der Waals surface area contributed by atoms with E-state index in [1.54, 1.807) is 0 Å². The number of anilines is 2. The number of para-hydroxylation sites is 2. The number of hydrogen-bond donors (Lipinski definition) is 1. The molecule has 0 atom stereocenters. The zero-order valence-electron chi connectivity index (χ0n) is 7.90. The number of hydrogen-bond acceptors (Lipinski definition) is 2. The maximum atomic E-state index is 3.47. The molecule has 2 aromatic carbocycles. The molecule has 1 N–H and O–H groups in total. The molecular formula is C12H9NSSe. The quantitative estimate of drug-likeness (QED) is 0.634. The molecule has 0 aliphatic carbocycles. The van der Waals surface area contributed by atoms with Gasteiger partial charge in [-0.15, -0.1) is 0 Å². The van der Waals surface area contributed by atoms with Crippen molar-refractivity contribution in [3.8, 4) is 0 Å². The van der Waals surface area contributed by atoms with Gasteiger partial charge in [0.1, 0.15) is 0 Å². The van der Waals surface area contributed by atoms with E-state index in [-0.39, 0.29) is 0 Å². The van der Waals surface area contributed by atoms with Crippen LogP contribution in [0, 0.1) is 0 Å². The molecule has 0 saturated heterocycles. The standard InChI is InChI=1S/C12H9NSSe/c15-11-7-3-6-10-12(11)13-8-4-1-2-5-9(8)14-10/h1-7,13,15H. The molecule has 1 heterocycles. The fourth-order valence-electron chi connectivity index (χ4n) is 1.64. The van der Waals surface area contributed by atoms with Crippen LogP contribution < -0.4 is 9.78 Å². The van der Waals surface area contributed by atoms with Gasteiger partial charge < -0.3 is 0 Å². The Morgan fingerprint density at radius 2 is 1.73 bits per heavy atom. The molecular weight excluding hydrogens is 269 g/mol. The second kappa shape index (κ2) is 3.60. The Balaban J connectivity index is 2.15. The van der Waals surface area contributed by atoms with E-state index < -0.39 is 0 Å². The summed E-state index contributed by atoms with van der Waals surface area (Å²) in [7, 11) is 0. The Bertz CT molecular complexity index is 525. The Morgan fingerprint density at radius 3 is 2.67 bits per heavy atom.